The molecule has 0 aliphatic carbocycles. The van der Waals surface area contributed by atoms with E-state index in [1.165, 1.54) is 7.11 Å². The lowest BCUT2D eigenvalue weighted by Gasteiger charge is -2.20. The highest BCUT2D eigenvalue weighted by atomic mass is 16.5. The molecule has 0 saturated heterocycles. The Labute approximate surface area is 106 Å². The van der Waals surface area contributed by atoms with Gasteiger partial charge < -0.3 is 20.3 Å². The maximum Gasteiger partial charge on any atom is 0.308 e. The SMILES string of the molecule is CNCc1ccccc1C(O)C(O)CC(=O)OC. The maximum atomic E-state index is 11.1. The first kappa shape index (κ1) is 14.6. The van der Waals surface area contributed by atoms with Crippen molar-refractivity contribution in [2.75, 3.05) is 14.2 Å². The average molecular weight is 253 g/mol. The van der Waals surface area contributed by atoms with E-state index >= 15 is 0 Å². The number of methoxy groups -OCH3 is 1. The summed E-state index contributed by atoms with van der Waals surface area (Å²) in [7, 11) is 3.05. The molecule has 1 aromatic rings. The highest BCUT2D eigenvalue weighted by Gasteiger charge is 2.23. The molecule has 0 spiro atoms. The predicted molar refractivity (Wildman–Crippen MR) is 66.8 cm³/mol. The number of esters is 1. The van der Waals surface area contributed by atoms with Crippen LogP contribution < -0.4 is 5.32 Å². The number of hydrogen-bond donors (Lipinski definition) is 3. The molecule has 0 aliphatic heterocycles. The second-order valence-corrected chi connectivity index (χ2v) is 4.02. The molecule has 1 rings (SSSR count). The third-order valence-electron chi connectivity index (χ3n) is 2.71. The van der Waals surface area contributed by atoms with Crippen molar-refractivity contribution in [3.63, 3.8) is 0 Å². The fourth-order valence-corrected chi connectivity index (χ4v) is 1.75. The maximum absolute atomic E-state index is 11.1. The molecule has 2 atom stereocenters. The minimum absolute atomic E-state index is 0.231. The lowest BCUT2D eigenvalue weighted by molar-refractivity contribution is -0.144. The summed E-state index contributed by atoms with van der Waals surface area (Å²) in [6, 6.07) is 7.23. The second-order valence-electron chi connectivity index (χ2n) is 4.02. The molecule has 0 amide bonds. The standard InChI is InChI=1S/C13H19NO4/c1-14-8-9-5-3-4-6-10(9)13(17)11(15)7-12(16)18-2/h3-6,11,13-15,17H,7-8H2,1-2H3. The van der Waals surface area contributed by atoms with E-state index in [2.05, 4.69) is 10.1 Å². The Morgan fingerprint density at radius 1 is 1.39 bits per heavy atom. The van der Waals surface area contributed by atoms with Gasteiger partial charge in [-0.1, -0.05) is 24.3 Å². The van der Waals surface area contributed by atoms with E-state index in [0.717, 1.165) is 5.56 Å². The Balaban J connectivity index is 2.82. The number of benzene rings is 1. The molecule has 0 aliphatic rings. The molecule has 0 aromatic heterocycles. The Bertz CT molecular complexity index is 394. The number of carbonyl (C=O) groups is 1. The van der Waals surface area contributed by atoms with E-state index in [0.29, 0.717) is 12.1 Å². The van der Waals surface area contributed by atoms with Crippen molar-refractivity contribution < 1.29 is 19.7 Å². The van der Waals surface area contributed by atoms with Gasteiger partial charge in [-0.3, -0.25) is 4.79 Å². The Kier molecular flexibility index (Phi) is 5.77. The van der Waals surface area contributed by atoms with Gasteiger partial charge >= 0.3 is 5.97 Å². The van der Waals surface area contributed by atoms with Crippen LogP contribution in [0, 0.1) is 0 Å². The van der Waals surface area contributed by atoms with Gasteiger partial charge in [0.2, 0.25) is 0 Å². The normalized spacial score (nSPS) is 14.0. The van der Waals surface area contributed by atoms with Gasteiger partial charge in [0.15, 0.2) is 0 Å². The zero-order valence-electron chi connectivity index (χ0n) is 10.6. The van der Waals surface area contributed by atoms with E-state index in [1.54, 1.807) is 19.2 Å². The van der Waals surface area contributed by atoms with Crippen LogP contribution in [-0.4, -0.2) is 36.4 Å². The van der Waals surface area contributed by atoms with Gasteiger partial charge in [0, 0.05) is 6.54 Å². The smallest absolute Gasteiger partial charge is 0.308 e. The van der Waals surface area contributed by atoms with Crippen LogP contribution in [0.25, 0.3) is 0 Å². The number of hydrogen-bond acceptors (Lipinski definition) is 5. The van der Waals surface area contributed by atoms with E-state index in [1.807, 2.05) is 12.1 Å². The fourth-order valence-electron chi connectivity index (χ4n) is 1.75. The summed E-state index contributed by atoms with van der Waals surface area (Å²) in [6.07, 6.45) is -2.50. The highest BCUT2D eigenvalue weighted by Crippen LogP contribution is 2.22. The summed E-state index contributed by atoms with van der Waals surface area (Å²) in [4.78, 5) is 11.1. The first-order valence-corrected chi connectivity index (χ1v) is 5.75. The number of aliphatic hydroxyl groups is 2. The monoisotopic (exact) mass is 253 g/mol. The summed E-state index contributed by atoms with van der Waals surface area (Å²) >= 11 is 0. The van der Waals surface area contributed by atoms with Crippen LogP contribution in [0.3, 0.4) is 0 Å². The van der Waals surface area contributed by atoms with Crippen molar-refractivity contribution in [1.82, 2.24) is 5.32 Å². The highest BCUT2D eigenvalue weighted by molar-refractivity contribution is 5.69. The van der Waals surface area contributed by atoms with Gasteiger partial charge in [0.1, 0.15) is 6.10 Å². The Hall–Kier alpha value is -1.43. The van der Waals surface area contributed by atoms with Crippen molar-refractivity contribution in [3.05, 3.63) is 35.4 Å². The number of aliphatic hydroxyl groups excluding tert-OH is 2. The molecule has 2 unspecified atom stereocenters. The zero-order chi connectivity index (χ0) is 13.5. The molecule has 0 bridgehead atoms. The summed E-state index contributed by atoms with van der Waals surface area (Å²) in [5.41, 5.74) is 1.50. The average Bonchev–Trinajstić information content (AvgIpc) is 2.38. The van der Waals surface area contributed by atoms with Gasteiger partial charge in [0.05, 0.1) is 19.6 Å². The quantitative estimate of drug-likeness (QED) is 0.638. The minimum Gasteiger partial charge on any atom is -0.469 e. The van der Waals surface area contributed by atoms with Crippen molar-refractivity contribution in [2.45, 2.75) is 25.2 Å². The van der Waals surface area contributed by atoms with Gasteiger partial charge in [0.25, 0.3) is 0 Å². The molecule has 1 aromatic carbocycles. The van der Waals surface area contributed by atoms with Crippen LogP contribution in [0.5, 0.6) is 0 Å². The van der Waals surface area contributed by atoms with E-state index in [-0.39, 0.29) is 6.42 Å². The number of ether oxygens (including phenoxy) is 1. The van der Waals surface area contributed by atoms with Crippen LogP contribution in [0.2, 0.25) is 0 Å². The van der Waals surface area contributed by atoms with Gasteiger partial charge in [-0.15, -0.1) is 0 Å². The van der Waals surface area contributed by atoms with Crippen molar-refractivity contribution in [1.29, 1.82) is 0 Å². The summed E-state index contributed by atoms with van der Waals surface area (Å²) < 4.78 is 4.46. The summed E-state index contributed by atoms with van der Waals surface area (Å²) in [5, 5.41) is 22.8. The fraction of sp³-hybridized carbons (Fsp3) is 0.462. The molecule has 5 nitrogen and oxygen atoms in total. The third-order valence-corrected chi connectivity index (χ3v) is 2.71. The van der Waals surface area contributed by atoms with Crippen LogP contribution in [0.15, 0.2) is 24.3 Å². The van der Waals surface area contributed by atoms with Gasteiger partial charge in [-0.2, -0.15) is 0 Å². The van der Waals surface area contributed by atoms with Crippen LogP contribution in [0.1, 0.15) is 23.7 Å². The lowest BCUT2D eigenvalue weighted by atomic mass is 9.97. The minimum atomic E-state index is -1.17. The van der Waals surface area contributed by atoms with Gasteiger partial charge in [-0.05, 0) is 18.2 Å². The summed E-state index contributed by atoms with van der Waals surface area (Å²) in [6.45, 7) is 0.582. The van der Waals surface area contributed by atoms with Crippen LogP contribution in [-0.2, 0) is 16.1 Å². The molecule has 0 radical (unpaired) electrons. The third kappa shape index (κ3) is 3.80. The Morgan fingerprint density at radius 3 is 2.67 bits per heavy atom. The van der Waals surface area contributed by atoms with E-state index < -0.39 is 18.2 Å². The molecule has 0 saturated carbocycles. The number of nitrogens with one attached hydrogen (secondary N) is 1. The van der Waals surface area contributed by atoms with E-state index in [4.69, 9.17) is 0 Å². The molecule has 0 heterocycles. The topological polar surface area (TPSA) is 78.8 Å². The van der Waals surface area contributed by atoms with Gasteiger partial charge in [-0.25, -0.2) is 0 Å². The van der Waals surface area contributed by atoms with Crippen molar-refractivity contribution >= 4 is 5.97 Å². The molecule has 100 valence electrons. The van der Waals surface area contributed by atoms with Crippen molar-refractivity contribution in [3.8, 4) is 0 Å². The second kappa shape index (κ2) is 7.10. The first-order chi connectivity index (χ1) is 8.60. The van der Waals surface area contributed by atoms with Crippen LogP contribution >= 0.6 is 0 Å². The molecule has 5 heteroatoms. The zero-order valence-corrected chi connectivity index (χ0v) is 10.6. The molecule has 18 heavy (non-hydrogen) atoms. The molecule has 3 N–H and O–H groups in total. The van der Waals surface area contributed by atoms with E-state index in [9.17, 15) is 15.0 Å². The number of rotatable bonds is 6. The van der Waals surface area contributed by atoms with Crippen molar-refractivity contribution in [2.24, 2.45) is 0 Å². The summed E-state index contributed by atoms with van der Waals surface area (Å²) in [5.74, 6) is -0.548. The molecule has 0 fully saturated rings. The predicted octanol–water partition coefficient (Wildman–Crippen LogP) is 0.363. The first-order valence-electron chi connectivity index (χ1n) is 5.75. The largest absolute Gasteiger partial charge is 0.469 e. The Morgan fingerprint density at radius 2 is 2.06 bits per heavy atom. The lowest BCUT2D eigenvalue weighted by Crippen LogP contribution is -2.24. The van der Waals surface area contributed by atoms with Crippen LogP contribution in [0.4, 0.5) is 0 Å². The molecular formula is C13H19NO4. The molecular weight excluding hydrogens is 234 g/mol. The number of carbonyl (C=O) groups excluding carboxylic acids is 1.